The fourth-order valence-corrected chi connectivity index (χ4v) is 5.01. The van der Waals surface area contributed by atoms with Crippen LogP contribution >= 0.6 is 0 Å². The Labute approximate surface area is 268 Å². The summed E-state index contributed by atoms with van der Waals surface area (Å²) >= 11 is 0. The van der Waals surface area contributed by atoms with Gasteiger partial charge in [-0.3, -0.25) is 0 Å². The van der Waals surface area contributed by atoms with Crippen LogP contribution in [0.25, 0.3) is 0 Å². The largest absolute Gasteiger partial charge is 0.345 e. The topological polar surface area (TPSA) is 29.3 Å². The zero-order valence-corrected chi connectivity index (χ0v) is 29.9. The average molecular weight is 589 g/mol. The van der Waals surface area contributed by atoms with Crippen LogP contribution in [0.15, 0.2) is 84.1 Å². The molecule has 0 aliphatic heterocycles. The molecule has 0 bridgehead atoms. The lowest BCUT2D eigenvalue weighted by Gasteiger charge is -2.24. The number of likely N-dealkylation sites (N-methyl/N-ethyl adjacent to an activating group) is 1. The highest BCUT2D eigenvalue weighted by Crippen LogP contribution is 2.33. The summed E-state index contributed by atoms with van der Waals surface area (Å²) in [7, 11) is 2.09. The van der Waals surface area contributed by atoms with Crippen molar-refractivity contribution in [3.8, 4) is 0 Å². The molecular formula is C41H68N2. The van der Waals surface area contributed by atoms with Gasteiger partial charge in [-0.05, 0) is 80.7 Å². The van der Waals surface area contributed by atoms with E-state index in [2.05, 4.69) is 114 Å². The maximum atomic E-state index is 5.63. The molecule has 0 aromatic heterocycles. The van der Waals surface area contributed by atoms with Gasteiger partial charge in [0.05, 0.1) is 0 Å². The molecule has 4 rings (SSSR count). The van der Waals surface area contributed by atoms with Crippen LogP contribution in [0.3, 0.4) is 0 Å². The molecule has 0 atom stereocenters. The summed E-state index contributed by atoms with van der Waals surface area (Å²) in [6.45, 7) is 23.2. The number of hydrogen-bond acceptors (Lipinski definition) is 2. The molecule has 2 saturated carbocycles. The van der Waals surface area contributed by atoms with Crippen molar-refractivity contribution in [3.63, 3.8) is 0 Å². The number of anilines is 1. The summed E-state index contributed by atoms with van der Waals surface area (Å²) in [4.78, 5) is 2.18. The van der Waals surface area contributed by atoms with E-state index in [1.165, 1.54) is 91.3 Å². The van der Waals surface area contributed by atoms with Gasteiger partial charge in [0.15, 0.2) is 0 Å². The van der Waals surface area contributed by atoms with E-state index in [4.69, 9.17) is 5.73 Å². The minimum atomic E-state index is 0.536. The van der Waals surface area contributed by atoms with Crippen molar-refractivity contribution in [1.82, 2.24) is 0 Å². The first-order valence-corrected chi connectivity index (χ1v) is 17.4. The minimum Gasteiger partial charge on any atom is -0.345 e. The quantitative estimate of drug-likeness (QED) is 0.295. The number of aryl methyl sites for hydroxylation is 2. The van der Waals surface area contributed by atoms with Gasteiger partial charge in [-0.1, -0.05) is 153 Å². The standard InChI is InChI=1S/C25H31N.C6H13N.C6H12.2C2H6/c1-7-23-15-16-25(21(4)18-23)26(6)22(5)20(3)14-13-19(2)17-24-11-9-8-10-12-24;7-6-4-2-1-3-5-6;1-2-3-6-4-5-6;2*1-2/h8-16,18H,5,7,17H2,1-4,6H3;6H,1-5,7H2;6H,2-5H2,1H3;2*1-2H3/b19-13+,20-14+;;;;. The molecule has 0 spiro atoms. The van der Waals surface area contributed by atoms with Crippen molar-refractivity contribution >= 4 is 5.69 Å². The fourth-order valence-electron chi connectivity index (χ4n) is 5.01. The molecule has 2 aromatic carbocycles. The van der Waals surface area contributed by atoms with E-state index in [-0.39, 0.29) is 0 Å². The normalized spacial score (nSPS) is 14.8. The maximum absolute atomic E-state index is 5.63. The predicted octanol–water partition coefficient (Wildman–Crippen LogP) is 12.2. The molecule has 2 aliphatic rings. The Hall–Kier alpha value is -2.58. The Morgan fingerprint density at radius 1 is 0.860 bits per heavy atom. The number of benzene rings is 2. The van der Waals surface area contributed by atoms with Gasteiger partial charge >= 0.3 is 0 Å². The number of nitrogens with two attached hydrogens (primary N) is 1. The monoisotopic (exact) mass is 589 g/mol. The lowest BCUT2D eigenvalue weighted by molar-refractivity contribution is 0.441. The van der Waals surface area contributed by atoms with E-state index < -0.39 is 0 Å². The van der Waals surface area contributed by atoms with Crippen LogP contribution < -0.4 is 10.6 Å². The molecule has 43 heavy (non-hydrogen) atoms. The molecule has 2 aromatic rings. The Morgan fingerprint density at radius 2 is 1.47 bits per heavy atom. The first-order chi connectivity index (χ1) is 20.7. The Kier molecular flexibility index (Phi) is 23.3. The smallest absolute Gasteiger partial charge is 0.0437 e. The molecule has 0 unspecified atom stereocenters. The summed E-state index contributed by atoms with van der Waals surface area (Å²) in [5.41, 5.74) is 14.4. The molecule has 0 amide bonds. The second-order valence-corrected chi connectivity index (χ2v) is 11.6. The first kappa shape index (κ1) is 40.4. The summed E-state index contributed by atoms with van der Waals surface area (Å²) in [5, 5.41) is 0. The van der Waals surface area contributed by atoms with Gasteiger partial charge in [0.1, 0.15) is 0 Å². The molecule has 2 aliphatic carbocycles. The molecule has 242 valence electrons. The van der Waals surface area contributed by atoms with E-state index in [9.17, 15) is 0 Å². The maximum Gasteiger partial charge on any atom is 0.0437 e. The summed E-state index contributed by atoms with van der Waals surface area (Å²) in [6.07, 6.45) is 19.0. The van der Waals surface area contributed by atoms with E-state index in [0.717, 1.165) is 24.5 Å². The Balaban J connectivity index is 0.000000837. The second kappa shape index (κ2) is 24.8. The van der Waals surface area contributed by atoms with Gasteiger partial charge in [0, 0.05) is 24.5 Å². The van der Waals surface area contributed by atoms with E-state index >= 15 is 0 Å². The highest BCUT2D eigenvalue weighted by molar-refractivity contribution is 5.60. The van der Waals surface area contributed by atoms with Crippen LogP contribution in [-0.4, -0.2) is 13.1 Å². The molecule has 2 N–H and O–H groups in total. The molecule has 0 saturated heterocycles. The number of allylic oxidation sites excluding steroid dienone is 4. The van der Waals surface area contributed by atoms with E-state index in [1.807, 2.05) is 27.7 Å². The summed E-state index contributed by atoms with van der Waals surface area (Å²) < 4.78 is 0. The number of nitrogens with zero attached hydrogens (tertiary/aromatic N) is 1. The lowest BCUT2D eigenvalue weighted by atomic mass is 9.97. The molecule has 2 fully saturated rings. The Morgan fingerprint density at radius 3 is 1.91 bits per heavy atom. The van der Waals surface area contributed by atoms with Crippen molar-refractivity contribution in [2.45, 2.75) is 139 Å². The van der Waals surface area contributed by atoms with Gasteiger partial charge in [0.25, 0.3) is 0 Å². The van der Waals surface area contributed by atoms with Crippen molar-refractivity contribution in [3.05, 3.63) is 101 Å². The lowest BCUT2D eigenvalue weighted by Crippen LogP contribution is -2.22. The first-order valence-electron chi connectivity index (χ1n) is 17.4. The van der Waals surface area contributed by atoms with Crippen molar-refractivity contribution < 1.29 is 0 Å². The van der Waals surface area contributed by atoms with Crippen LogP contribution in [0.5, 0.6) is 0 Å². The van der Waals surface area contributed by atoms with Gasteiger partial charge in [0.2, 0.25) is 0 Å². The van der Waals surface area contributed by atoms with Crippen molar-refractivity contribution in [1.29, 1.82) is 0 Å². The fraction of sp³-hybridized carbons (Fsp3) is 0.561. The third kappa shape index (κ3) is 18.0. The molecule has 0 radical (unpaired) electrons. The molecule has 0 heterocycles. The van der Waals surface area contributed by atoms with Gasteiger partial charge in [-0.25, -0.2) is 0 Å². The Bertz CT molecular complexity index is 1040. The van der Waals surface area contributed by atoms with E-state index in [1.54, 1.807) is 0 Å². The average Bonchev–Trinajstić information content (AvgIpc) is 3.87. The third-order valence-electron chi connectivity index (χ3n) is 7.88. The molecular weight excluding hydrogens is 520 g/mol. The van der Waals surface area contributed by atoms with Crippen LogP contribution in [-0.2, 0) is 12.8 Å². The summed E-state index contributed by atoms with van der Waals surface area (Å²) in [5.74, 6) is 1.15. The van der Waals surface area contributed by atoms with Crippen LogP contribution in [0.4, 0.5) is 5.69 Å². The van der Waals surface area contributed by atoms with Gasteiger partial charge in [-0.15, -0.1) is 0 Å². The zero-order chi connectivity index (χ0) is 32.6. The molecule has 2 heteroatoms. The summed E-state index contributed by atoms with van der Waals surface area (Å²) in [6, 6.07) is 17.8. The van der Waals surface area contributed by atoms with Gasteiger partial charge < -0.3 is 10.6 Å². The third-order valence-corrected chi connectivity index (χ3v) is 7.88. The second-order valence-electron chi connectivity index (χ2n) is 11.6. The van der Waals surface area contributed by atoms with Gasteiger partial charge in [-0.2, -0.15) is 0 Å². The van der Waals surface area contributed by atoms with Crippen LogP contribution in [0, 0.1) is 12.8 Å². The highest BCUT2D eigenvalue weighted by atomic mass is 15.1. The number of rotatable bonds is 9. The van der Waals surface area contributed by atoms with Crippen molar-refractivity contribution in [2.24, 2.45) is 11.7 Å². The minimum absolute atomic E-state index is 0.536. The molecule has 2 nitrogen and oxygen atoms in total. The van der Waals surface area contributed by atoms with Crippen molar-refractivity contribution in [2.75, 3.05) is 11.9 Å². The predicted molar refractivity (Wildman–Crippen MR) is 197 cm³/mol. The highest BCUT2D eigenvalue weighted by Gasteiger charge is 2.18. The zero-order valence-electron chi connectivity index (χ0n) is 29.9. The number of hydrogen-bond donors (Lipinski definition) is 1. The van der Waals surface area contributed by atoms with Crippen LogP contribution in [0.1, 0.15) is 130 Å². The van der Waals surface area contributed by atoms with E-state index in [0.29, 0.717) is 6.04 Å². The SMILES string of the molecule is C=C(/C(C)=C/C=C(\C)Cc1ccccc1)N(C)c1ccc(CC)cc1C.CC.CC.CCCC1CC1.NC1CCCCC1. The van der Waals surface area contributed by atoms with Crippen LogP contribution in [0.2, 0.25) is 0 Å².